The van der Waals surface area contributed by atoms with Crippen LogP contribution in [-0.4, -0.2) is 35.5 Å². The molecule has 14 heavy (non-hydrogen) atoms. The molecule has 2 atom stereocenters. The monoisotopic (exact) mass is 197 g/mol. The Labute approximate surface area is 83.2 Å². The second-order valence-corrected chi connectivity index (χ2v) is 2.68. The molecule has 0 saturated heterocycles. The highest BCUT2D eigenvalue weighted by Gasteiger charge is 2.08. The summed E-state index contributed by atoms with van der Waals surface area (Å²) in [5.74, 6) is -0.588. The van der Waals surface area contributed by atoms with Gasteiger partial charge in [-0.1, -0.05) is 18.2 Å². The van der Waals surface area contributed by atoms with Crippen LogP contribution in [0.3, 0.4) is 0 Å². The third-order valence-corrected chi connectivity index (χ3v) is 1.57. The largest absolute Gasteiger partial charge is 0.459 e. The van der Waals surface area contributed by atoms with Crippen LogP contribution in [-0.2, 0) is 4.74 Å². The zero-order valence-electron chi connectivity index (χ0n) is 8.46. The molecule has 0 amide bonds. The summed E-state index contributed by atoms with van der Waals surface area (Å²) < 4.78 is 11.4. The Morgan fingerprint density at radius 2 is 2.14 bits per heavy atom. The number of rotatable bonds is 4. The zero-order valence-corrected chi connectivity index (χ0v) is 7.46. The maximum Gasteiger partial charge on any atom is 0.338 e. The average Bonchev–Trinajstić information content (AvgIpc) is 2.26. The first-order valence-electron chi connectivity index (χ1n) is 4.69. The van der Waals surface area contributed by atoms with Gasteiger partial charge in [0.2, 0.25) is 0 Å². The Kier molecular flexibility index (Phi) is 3.52. The summed E-state index contributed by atoms with van der Waals surface area (Å²) in [6.07, 6.45) is -1.38. The second-order valence-electron chi connectivity index (χ2n) is 2.68. The van der Waals surface area contributed by atoms with Crippen molar-refractivity contribution < 1.29 is 21.1 Å². The first kappa shape index (κ1) is 9.18. The van der Waals surface area contributed by atoms with Gasteiger partial charge in [0.05, 0.1) is 13.5 Å². The van der Waals surface area contributed by atoms with Gasteiger partial charge in [-0.2, -0.15) is 0 Å². The number of carbonyl (C=O) groups excluding carboxylic acids is 1. The second kappa shape index (κ2) is 5.36. The summed E-state index contributed by atoms with van der Waals surface area (Å²) in [4.78, 5) is 11.3. The van der Waals surface area contributed by atoms with Crippen molar-refractivity contribution in [1.29, 1.82) is 0 Å². The van der Waals surface area contributed by atoms with Gasteiger partial charge in [0, 0.05) is 0 Å². The van der Waals surface area contributed by atoms with Crippen LogP contribution in [0.2, 0.25) is 0 Å². The minimum absolute atomic E-state index is 0.365. The van der Waals surface area contributed by atoms with E-state index in [4.69, 9.17) is 11.6 Å². The zero-order chi connectivity index (χ0) is 11.3. The van der Waals surface area contributed by atoms with E-state index in [-0.39, 0.29) is 0 Å². The van der Waals surface area contributed by atoms with E-state index >= 15 is 0 Å². The van der Waals surface area contributed by atoms with E-state index in [9.17, 15) is 4.79 Å². The van der Waals surface area contributed by atoms with Crippen molar-refractivity contribution in [1.82, 2.24) is 0 Å². The molecule has 0 aliphatic carbocycles. The highest BCUT2D eigenvalue weighted by molar-refractivity contribution is 5.89. The maximum absolute atomic E-state index is 11.3. The fourth-order valence-corrected chi connectivity index (χ4v) is 0.862. The van der Waals surface area contributed by atoms with Crippen molar-refractivity contribution in [2.45, 2.75) is 6.10 Å². The van der Waals surface area contributed by atoms with Gasteiger partial charge < -0.3 is 14.9 Å². The number of benzene rings is 1. The molecule has 0 aromatic heterocycles. The van der Waals surface area contributed by atoms with Gasteiger partial charge >= 0.3 is 5.97 Å². The number of esters is 1. The number of hydrogen-bond donors (Lipinski definition) is 2. The molecule has 4 nitrogen and oxygen atoms in total. The van der Waals surface area contributed by atoms with E-state index < -0.39 is 25.3 Å². The predicted octanol–water partition coefficient (Wildman–Crippen LogP) is 0.197. The molecule has 4 heteroatoms. The van der Waals surface area contributed by atoms with Crippen molar-refractivity contribution in [3.8, 4) is 0 Å². The van der Waals surface area contributed by atoms with Crippen molar-refractivity contribution >= 4 is 5.97 Å². The molecule has 2 N–H and O–H groups in total. The topological polar surface area (TPSA) is 66.8 Å². The molecule has 0 aliphatic heterocycles. The summed E-state index contributed by atoms with van der Waals surface area (Å²) in [6.45, 7) is -2.05. The van der Waals surface area contributed by atoms with Crippen molar-refractivity contribution in [3.63, 3.8) is 0 Å². The smallest absolute Gasteiger partial charge is 0.338 e. The predicted molar refractivity (Wildman–Crippen MR) is 49.8 cm³/mol. The molecular formula is C10H12O4. The summed E-state index contributed by atoms with van der Waals surface area (Å²) in [5.41, 5.74) is 0.365. The Hall–Kier alpha value is -1.39. The molecule has 0 bridgehead atoms. The van der Waals surface area contributed by atoms with Crippen LogP contribution in [0.25, 0.3) is 0 Å². The van der Waals surface area contributed by atoms with Crippen LogP contribution < -0.4 is 0 Å². The quantitative estimate of drug-likeness (QED) is 0.676. The standard InChI is InChI=1S/C10H12O4/c11-6-9(12)7-14-10(13)8-4-2-1-3-5-8/h1-5,9,11-12H,6-7H2/t9-/m0/s1/i6D/t6-,9+/m1. The van der Waals surface area contributed by atoms with E-state index in [1.807, 2.05) is 0 Å². The lowest BCUT2D eigenvalue weighted by atomic mass is 10.2. The van der Waals surface area contributed by atoms with Gasteiger partial charge in [0.25, 0.3) is 0 Å². The Bertz CT molecular complexity index is 312. The minimum atomic E-state index is -1.66. The van der Waals surface area contributed by atoms with E-state index in [2.05, 4.69) is 4.74 Å². The van der Waals surface area contributed by atoms with Gasteiger partial charge in [-0.25, -0.2) is 4.79 Å². The van der Waals surface area contributed by atoms with Crippen molar-refractivity contribution in [2.75, 3.05) is 13.2 Å². The molecule has 0 spiro atoms. The first-order valence-corrected chi connectivity index (χ1v) is 4.12. The number of ether oxygens (including phenoxy) is 1. The van der Waals surface area contributed by atoms with E-state index in [1.54, 1.807) is 30.3 Å². The van der Waals surface area contributed by atoms with Crippen molar-refractivity contribution in [3.05, 3.63) is 35.9 Å². The highest BCUT2D eigenvalue weighted by Crippen LogP contribution is 2.01. The minimum Gasteiger partial charge on any atom is -0.459 e. The number of carbonyl (C=O) groups is 1. The summed E-state index contributed by atoms with van der Waals surface area (Å²) in [6, 6.07) is 8.29. The lowest BCUT2D eigenvalue weighted by Gasteiger charge is -2.07. The summed E-state index contributed by atoms with van der Waals surface area (Å²) in [7, 11) is 0. The number of aliphatic hydroxyl groups is 2. The van der Waals surface area contributed by atoms with E-state index in [1.165, 1.54) is 0 Å². The molecule has 76 valence electrons. The lowest BCUT2D eigenvalue weighted by Crippen LogP contribution is -2.21. The molecule has 1 aromatic rings. The van der Waals surface area contributed by atoms with Gasteiger partial charge in [0.15, 0.2) is 0 Å². The average molecular weight is 197 g/mol. The van der Waals surface area contributed by atoms with Crippen LogP contribution in [0.4, 0.5) is 0 Å². The van der Waals surface area contributed by atoms with Crippen LogP contribution in [0.1, 0.15) is 11.7 Å². The van der Waals surface area contributed by atoms with Crippen molar-refractivity contribution in [2.24, 2.45) is 0 Å². The number of hydrogen-bond acceptors (Lipinski definition) is 4. The van der Waals surface area contributed by atoms with Gasteiger partial charge in [-0.15, -0.1) is 0 Å². The van der Waals surface area contributed by atoms with Crippen LogP contribution in [0, 0.1) is 0 Å². The molecule has 1 rings (SSSR count). The van der Waals surface area contributed by atoms with E-state index in [0.29, 0.717) is 5.56 Å². The van der Waals surface area contributed by atoms with Crippen LogP contribution >= 0.6 is 0 Å². The lowest BCUT2D eigenvalue weighted by molar-refractivity contribution is 0.00933. The number of aliphatic hydroxyl groups excluding tert-OH is 2. The molecular weight excluding hydrogens is 184 g/mol. The third kappa shape index (κ3) is 3.16. The third-order valence-electron chi connectivity index (χ3n) is 1.57. The maximum atomic E-state index is 11.3. The Balaban J connectivity index is 2.44. The Morgan fingerprint density at radius 1 is 1.50 bits per heavy atom. The van der Waals surface area contributed by atoms with E-state index in [0.717, 1.165) is 0 Å². The molecule has 1 aromatic carbocycles. The first-order chi connectivity index (χ1) is 7.11. The summed E-state index contributed by atoms with van der Waals surface area (Å²) >= 11 is 0. The van der Waals surface area contributed by atoms with Crippen LogP contribution in [0.5, 0.6) is 0 Å². The van der Waals surface area contributed by atoms with Crippen LogP contribution in [0.15, 0.2) is 30.3 Å². The molecule has 0 saturated carbocycles. The Morgan fingerprint density at radius 3 is 2.71 bits per heavy atom. The fraction of sp³-hybridized carbons (Fsp3) is 0.300. The van der Waals surface area contributed by atoms with Gasteiger partial charge in [0.1, 0.15) is 12.7 Å². The molecule has 0 radical (unpaired) electrons. The van der Waals surface area contributed by atoms with Gasteiger partial charge in [-0.05, 0) is 12.1 Å². The fourth-order valence-electron chi connectivity index (χ4n) is 0.862. The van der Waals surface area contributed by atoms with Gasteiger partial charge in [-0.3, -0.25) is 0 Å². The molecule has 0 heterocycles. The summed E-state index contributed by atoms with van der Waals surface area (Å²) in [5, 5.41) is 17.6. The molecule has 0 aliphatic rings. The molecule has 0 unspecified atom stereocenters. The molecule has 0 fully saturated rings. The SMILES string of the molecule is [2H][C@@H](O)[C@H](O)COC(=O)c1ccccc1. The highest BCUT2D eigenvalue weighted by atomic mass is 16.5. The normalized spacial score (nSPS) is 15.4.